The van der Waals surface area contributed by atoms with Gasteiger partial charge in [0, 0.05) is 17.8 Å². The SMILES string of the molecule is CC(C)CC(C)CNc1cccc(C(N)=O)c1. The maximum absolute atomic E-state index is 11.0. The smallest absolute Gasteiger partial charge is 0.248 e. The van der Waals surface area contributed by atoms with Crippen molar-refractivity contribution in [2.24, 2.45) is 17.6 Å². The first kappa shape index (κ1) is 13.6. The van der Waals surface area contributed by atoms with Crippen LogP contribution in [0.1, 0.15) is 37.6 Å². The Morgan fingerprint density at radius 2 is 2.06 bits per heavy atom. The highest BCUT2D eigenvalue weighted by molar-refractivity contribution is 5.93. The maximum atomic E-state index is 11.0. The number of hydrogen-bond acceptors (Lipinski definition) is 2. The highest BCUT2D eigenvalue weighted by atomic mass is 16.1. The lowest BCUT2D eigenvalue weighted by Crippen LogP contribution is -2.14. The third-order valence-corrected chi connectivity index (χ3v) is 2.68. The first-order chi connectivity index (χ1) is 7.99. The summed E-state index contributed by atoms with van der Waals surface area (Å²) >= 11 is 0. The molecule has 94 valence electrons. The van der Waals surface area contributed by atoms with Crippen molar-refractivity contribution < 1.29 is 4.79 Å². The Morgan fingerprint density at radius 3 is 2.65 bits per heavy atom. The molecule has 1 unspecified atom stereocenters. The van der Waals surface area contributed by atoms with Crippen LogP contribution >= 0.6 is 0 Å². The van der Waals surface area contributed by atoms with Crippen LogP contribution in [0.2, 0.25) is 0 Å². The molecule has 1 atom stereocenters. The van der Waals surface area contributed by atoms with E-state index in [9.17, 15) is 4.79 Å². The first-order valence-corrected chi connectivity index (χ1v) is 6.12. The van der Waals surface area contributed by atoms with Crippen LogP contribution < -0.4 is 11.1 Å². The van der Waals surface area contributed by atoms with Gasteiger partial charge in [0.2, 0.25) is 5.91 Å². The second-order valence-corrected chi connectivity index (χ2v) is 5.06. The third-order valence-electron chi connectivity index (χ3n) is 2.68. The van der Waals surface area contributed by atoms with Gasteiger partial charge in [-0.3, -0.25) is 4.79 Å². The number of carbonyl (C=O) groups is 1. The Morgan fingerprint density at radius 1 is 1.35 bits per heavy atom. The van der Waals surface area contributed by atoms with Gasteiger partial charge in [-0.1, -0.05) is 26.8 Å². The van der Waals surface area contributed by atoms with Crippen molar-refractivity contribution in [3.8, 4) is 0 Å². The van der Waals surface area contributed by atoms with Gasteiger partial charge in [0.25, 0.3) is 0 Å². The van der Waals surface area contributed by atoms with Crippen molar-refractivity contribution in [3.05, 3.63) is 29.8 Å². The predicted molar refractivity (Wildman–Crippen MR) is 72.1 cm³/mol. The molecular formula is C14H22N2O. The number of nitrogens with one attached hydrogen (secondary N) is 1. The standard InChI is InChI=1S/C14H22N2O/c1-10(2)7-11(3)9-16-13-6-4-5-12(8-13)14(15)17/h4-6,8,10-11,16H,7,9H2,1-3H3,(H2,15,17). The summed E-state index contributed by atoms with van der Waals surface area (Å²) in [7, 11) is 0. The number of primary amides is 1. The second-order valence-electron chi connectivity index (χ2n) is 5.06. The molecule has 0 heterocycles. The average molecular weight is 234 g/mol. The molecule has 3 N–H and O–H groups in total. The van der Waals surface area contributed by atoms with Crippen molar-refractivity contribution in [2.45, 2.75) is 27.2 Å². The number of benzene rings is 1. The van der Waals surface area contributed by atoms with Gasteiger partial charge >= 0.3 is 0 Å². The van der Waals surface area contributed by atoms with Gasteiger partial charge in [-0.25, -0.2) is 0 Å². The lowest BCUT2D eigenvalue weighted by Gasteiger charge is -2.15. The topological polar surface area (TPSA) is 55.1 Å². The molecular weight excluding hydrogens is 212 g/mol. The van der Waals surface area contributed by atoms with Crippen LogP contribution in [-0.4, -0.2) is 12.5 Å². The van der Waals surface area contributed by atoms with E-state index in [1.54, 1.807) is 12.1 Å². The zero-order chi connectivity index (χ0) is 12.8. The van der Waals surface area contributed by atoms with Gasteiger partial charge in [-0.15, -0.1) is 0 Å². The van der Waals surface area contributed by atoms with Crippen LogP contribution in [0.25, 0.3) is 0 Å². The summed E-state index contributed by atoms with van der Waals surface area (Å²) < 4.78 is 0. The van der Waals surface area contributed by atoms with Crippen molar-refractivity contribution in [3.63, 3.8) is 0 Å². The van der Waals surface area contributed by atoms with Crippen molar-refractivity contribution in [2.75, 3.05) is 11.9 Å². The van der Waals surface area contributed by atoms with E-state index in [4.69, 9.17) is 5.73 Å². The molecule has 0 radical (unpaired) electrons. The minimum atomic E-state index is -0.385. The zero-order valence-corrected chi connectivity index (χ0v) is 10.9. The molecule has 0 saturated heterocycles. The number of rotatable bonds is 6. The molecule has 1 rings (SSSR count). The van der Waals surface area contributed by atoms with E-state index in [1.807, 2.05) is 12.1 Å². The number of anilines is 1. The molecule has 17 heavy (non-hydrogen) atoms. The van der Waals surface area contributed by atoms with E-state index in [1.165, 1.54) is 6.42 Å². The monoisotopic (exact) mass is 234 g/mol. The molecule has 0 spiro atoms. The molecule has 0 aromatic heterocycles. The maximum Gasteiger partial charge on any atom is 0.248 e. The molecule has 0 saturated carbocycles. The van der Waals surface area contributed by atoms with Gasteiger partial charge in [-0.2, -0.15) is 0 Å². The molecule has 1 amide bonds. The molecule has 0 aliphatic rings. The Hall–Kier alpha value is -1.51. The third kappa shape index (κ3) is 4.89. The van der Waals surface area contributed by atoms with E-state index < -0.39 is 0 Å². The van der Waals surface area contributed by atoms with E-state index >= 15 is 0 Å². The molecule has 0 bridgehead atoms. The van der Waals surface area contributed by atoms with E-state index in [0.29, 0.717) is 17.4 Å². The molecule has 0 aliphatic heterocycles. The molecule has 0 fully saturated rings. The van der Waals surface area contributed by atoms with Crippen molar-refractivity contribution in [1.82, 2.24) is 0 Å². The lowest BCUT2D eigenvalue weighted by molar-refractivity contribution is 0.100. The van der Waals surface area contributed by atoms with Gasteiger partial charge in [0.05, 0.1) is 0 Å². The fraction of sp³-hybridized carbons (Fsp3) is 0.500. The highest BCUT2D eigenvalue weighted by Gasteiger charge is 2.05. The minimum Gasteiger partial charge on any atom is -0.385 e. The van der Waals surface area contributed by atoms with Gasteiger partial charge in [-0.05, 0) is 36.5 Å². The van der Waals surface area contributed by atoms with Gasteiger partial charge in [0.1, 0.15) is 0 Å². The van der Waals surface area contributed by atoms with Crippen LogP contribution in [-0.2, 0) is 0 Å². The summed E-state index contributed by atoms with van der Waals surface area (Å²) in [5.41, 5.74) is 6.74. The Bertz CT molecular complexity index is 374. The van der Waals surface area contributed by atoms with Crippen LogP contribution in [0.5, 0.6) is 0 Å². The predicted octanol–water partition coefficient (Wildman–Crippen LogP) is 2.88. The summed E-state index contributed by atoms with van der Waals surface area (Å²) in [6.45, 7) is 7.60. The average Bonchev–Trinajstić information content (AvgIpc) is 2.26. The van der Waals surface area contributed by atoms with E-state index in [0.717, 1.165) is 12.2 Å². The van der Waals surface area contributed by atoms with Crippen LogP contribution in [0.15, 0.2) is 24.3 Å². The number of amides is 1. The van der Waals surface area contributed by atoms with Crippen LogP contribution in [0.4, 0.5) is 5.69 Å². The normalized spacial score (nSPS) is 12.5. The van der Waals surface area contributed by atoms with Crippen LogP contribution in [0.3, 0.4) is 0 Å². The summed E-state index contributed by atoms with van der Waals surface area (Å²) in [5, 5.41) is 3.34. The molecule has 3 heteroatoms. The van der Waals surface area contributed by atoms with Crippen LogP contribution in [0, 0.1) is 11.8 Å². The zero-order valence-electron chi connectivity index (χ0n) is 10.9. The summed E-state index contributed by atoms with van der Waals surface area (Å²) in [6, 6.07) is 7.32. The Labute approximate surface area is 103 Å². The largest absolute Gasteiger partial charge is 0.385 e. The van der Waals surface area contributed by atoms with Crippen molar-refractivity contribution in [1.29, 1.82) is 0 Å². The Kier molecular flexibility index (Phi) is 5.01. The van der Waals surface area contributed by atoms with Gasteiger partial charge < -0.3 is 11.1 Å². The van der Waals surface area contributed by atoms with Crippen molar-refractivity contribution >= 4 is 11.6 Å². The second kappa shape index (κ2) is 6.28. The molecule has 1 aromatic rings. The molecule has 1 aromatic carbocycles. The van der Waals surface area contributed by atoms with Gasteiger partial charge in [0.15, 0.2) is 0 Å². The van der Waals surface area contributed by atoms with E-state index in [-0.39, 0.29) is 5.91 Å². The highest BCUT2D eigenvalue weighted by Crippen LogP contribution is 2.14. The lowest BCUT2D eigenvalue weighted by atomic mass is 9.99. The minimum absolute atomic E-state index is 0.385. The fourth-order valence-corrected chi connectivity index (χ4v) is 1.96. The summed E-state index contributed by atoms with van der Waals surface area (Å²) in [6.07, 6.45) is 1.20. The Balaban J connectivity index is 2.51. The number of nitrogens with two attached hydrogens (primary N) is 1. The quantitative estimate of drug-likeness (QED) is 0.795. The number of hydrogen-bond donors (Lipinski definition) is 2. The molecule has 3 nitrogen and oxygen atoms in total. The van der Waals surface area contributed by atoms with E-state index in [2.05, 4.69) is 26.1 Å². The summed E-state index contributed by atoms with van der Waals surface area (Å²) in [5.74, 6) is 0.944. The summed E-state index contributed by atoms with van der Waals surface area (Å²) in [4.78, 5) is 11.0. The first-order valence-electron chi connectivity index (χ1n) is 6.12. The number of carbonyl (C=O) groups excluding carboxylic acids is 1. The fourth-order valence-electron chi connectivity index (χ4n) is 1.96. The molecule has 0 aliphatic carbocycles.